The first-order valence-corrected chi connectivity index (χ1v) is 6.48. The predicted octanol–water partition coefficient (Wildman–Crippen LogP) is 2.19. The Labute approximate surface area is 100 Å². The normalized spacial score (nSPS) is 11.2. The number of halogens is 3. The van der Waals surface area contributed by atoms with E-state index in [0.717, 1.165) is 13.2 Å². The van der Waals surface area contributed by atoms with E-state index in [9.17, 15) is 17.6 Å². The standard InChI is InChI=1S/C8H5Cl2FO4S/c1-15-8(12)5-2-4(16(10,13)14)3-6(11)7(5)9/h2-3H,1H3. The second kappa shape index (κ2) is 4.57. The maximum atomic E-state index is 13.2. The van der Waals surface area contributed by atoms with Crippen molar-refractivity contribution in [2.45, 2.75) is 4.90 Å². The van der Waals surface area contributed by atoms with Gasteiger partial charge in [0.15, 0.2) is 0 Å². The lowest BCUT2D eigenvalue weighted by molar-refractivity contribution is 0.0600. The first-order chi connectivity index (χ1) is 7.27. The van der Waals surface area contributed by atoms with Gasteiger partial charge in [-0.2, -0.15) is 0 Å². The molecular weight excluding hydrogens is 282 g/mol. The summed E-state index contributed by atoms with van der Waals surface area (Å²) in [5.41, 5.74) is -0.400. The van der Waals surface area contributed by atoms with E-state index in [1.54, 1.807) is 0 Å². The number of carbonyl (C=O) groups is 1. The zero-order valence-corrected chi connectivity index (χ0v) is 10.2. The summed E-state index contributed by atoms with van der Waals surface area (Å²) in [7, 11) is 1.93. The molecule has 1 rings (SSSR count). The van der Waals surface area contributed by atoms with Crippen molar-refractivity contribution >= 4 is 37.3 Å². The molecule has 0 atom stereocenters. The van der Waals surface area contributed by atoms with Crippen LogP contribution in [-0.2, 0) is 13.8 Å². The Bertz CT molecular complexity index is 541. The number of esters is 1. The van der Waals surface area contributed by atoms with Gasteiger partial charge in [0.25, 0.3) is 9.05 Å². The number of carbonyl (C=O) groups excluding carboxylic acids is 1. The molecule has 88 valence electrons. The fourth-order valence-electron chi connectivity index (χ4n) is 0.963. The smallest absolute Gasteiger partial charge is 0.339 e. The van der Waals surface area contributed by atoms with Crippen LogP contribution in [0.5, 0.6) is 0 Å². The maximum Gasteiger partial charge on any atom is 0.339 e. The molecule has 16 heavy (non-hydrogen) atoms. The number of hydrogen-bond donors (Lipinski definition) is 0. The molecule has 4 nitrogen and oxygen atoms in total. The minimum absolute atomic E-state index is 0.400. The lowest BCUT2D eigenvalue weighted by Gasteiger charge is -2.05. The highest BCUT2D eigenvalue weighted by atomic mass is 35.7. The van der Waals surface area contributed by atoms with Crippen molar-refractivity contribution in [1.82, 2.24) is 0 Å². The van der Waals surface area contributed by atoms with E-state index in [4.69, 9.17) is 22.3 Å². The summed E-state index contributed by atoms with van der Waals surface area (Å²) in [6, 6.07) is 1.47. The maximum absolute atomic E-state index is 13.2. The van der Waals surface area contributed by atoms with E-state index >= 15 is 0 Å². The van der Waals surface area contributed by atoms with Gasteiger partial charge in [0.2, 0.25) is 0 Å². The minimum Gasteiger partial charge on any atom is -0.465 e. The molecule has 0 unspecified atom stereocenters. The molecule has 0 radical (unpaired) electrons. The summed E-state index contributed by atoms with van der Waals surface area (Å²) >= 11 is 5.48. The van der Waals surface area contributed by atoms with Crippen LogP contribution in [-0.4, -0.2) is 21.5 Å². The minimum atomic E-state index is -4.14. The van der Waals surface area contributed by atoms with Gasteiger partial charge in [-0.25, -0.2) is 17.6 Å². The second-order valence-electron chi connectivity index (χ2n) is 2.70. The third-order valence-corrected chi connectivity index (χ3v) is 3.41. The van der Waals surface area contributed by atoms with Crippen molar-refractivity contribution in [1.29, 1.82) is 0 Å². The third kappa shape index (κ3) is 2.63. The Hall–Kier alpha value is -0.850. The van der Waals surface area contributed by atoms with Crippen LogP contribution < -0.4 is 0 Å². The highest BCUT2D eigenvalue weighted by Crippen LogP contribution is 2.26. The summed E-state index contributed by atoms with van der Waals surface area (Å²) in [5, 5.41) is -0.518. The van der Waals surface area contributed by atoms with E-state index < -0.39 is 36.3 Å². The molecule has 1 aromatic carbocycles. The summed E-state index contributed by atoms with van der Waals surface area (Å²) < 4.78 is 39.4. The molecule has 8 heteroatoms. The van der Waals surface area contributed by atoms with E-state index in [-0.39, 0.29) is 0 Å². The molecular formula is C8H5Cl2FO4S. The summed E-state index contributed by atoms with van der Waals surface area (Å²) in [4.78, 5) is 10.6. The highest BCUT2D eigenvalue weighted by Gasteiger charge is 2.20. The lowest BCUT2D eigenvalue weighted by Crippen LogP contribution is -2.05. The van der Waals surface area contributed by atoms with Gasteiger partial charge in [-0.3, -0.25) is 0 Å². The van der Waals surface area contributed by atoms with Gasteiger partial charge in [-0.1, -0.05) is 11.6 Å². The number of methoxy groups -OCH3 is 1. The molecule has 0 aromatic heterocycles. The second-order valence-corrected chi connectivity index (χ2v) is 5.64. The number of ether oxygens (including phenoxy) is 1. The Kier molecular flexibility index (Phi) is 3.77. The summed E-state index contributed by atoms with van der Waals surface area (Å²) in [5.74, 6) is -2.02. The SMILES string of the molecule is COC(=O)c1cc(S(=O)(=O)Cl)cc(F)c1Cl. The van der Waals surface area contributed by atoms with E-state index in [0.29, 0.717) is 6.07 Å². The van der Waals surface area contributed by atoms with Gasteiger partial charge >= 0.3 is 5.97 Å². The van der Waals surface area contributed by atoms with Crippen LogP contribution in [0.4, 0.5) is 4.39 Å². The molecule has 0 N–H and O–H groups in total. The largest absolute Gasteiger partial charge is 0.465 e. The van der Waals surface area contributed by atoms with Crippen LogP contribution in [0, 0.1) is 5.82 Å². The fourth-order valence-corrected chi connectivity index (χ4v) is 1.92. The third-order valence-electron chi connectivity index (χ3n) is 1.69. The Balaban J connectivity index is 3.51. The van der Waals surface area contributed by atoms with Crippen molar-refractivity contribution in [3.05, 3.63) is 28.5 Å². The van der Waals surface area contributed by atoms with Gasteiger partial charge in [0, 0.05) is 10.7 Å². The predicted molar refractivity (Wildman–Crippen MR) is 55.8 cm³/mol. The molecule has 0 spiro atoms. The van der Waals surface area contributed by atoms with Crippen LogP contribution in [0.3, 0.4) is 0 Å². The van der Waals surface area contributed by atoms with Crippen LogP contribution in [0.15, 0.2) is 17.0 Å². The van der Waals surface area contributed by atoms with Gasteiger partial charge in [-0.05, 0) is 12.1 Å². The molecule has 0 saturated heterocycles. The van der Waals surface area contributed by atoms with Gasteiger partial charge in [0.1, 0.15) is 5.82 Å². The van der Waals surface area contributed by atoms with E-state index in [1.165, 1.54) is 0 Å². The van der Waals surface area contributed by atoms with Crippen LogP contribution in [0.1, 0.15) is 10.4 Å². The molecule has 0 saturated carbocycles. The fraction of sp³-hybridized carbons (Fsp3) is 0.125. The first kappa shape index (κ1) is 13.2. The first-order valence-electron chi connectivity index (χ1n) is 3.79. The number of rotatable bonds is 2. The molecule has 0 bridgehead atoms. The number of hydrogen-bond acceptors (Lipinski definition) is 4. The Morgan fingerprint density at radius 2 is 2.00 bits per heavy atom. The van der Waals surface area contributed by atoms with E-state index in [2.05, 4.69) is 4.74 Å². The van der Waals surface area contributed by atoms with Gasteiger partial charge < -0.3 is 4.74 Å². The Morgan fingerprint density at radius 1 is 1.44 bits per heavy atom. The van der Waals surface area contributed by atoms with Crippen molar-refractivity contribution in [2.75, 3.05) is 7.11 Å². The molecule has 0 aliphatic heterocycles. The number of benzene rings is 1. The molecule has 0 fully saturated rings. The lowest BCUT2D eigenvalue weighted by atomic mass is 10.2. The molecule has 0 aliphatic carbocycles. The highest BCUT2D eigenvalue weighted by molar-refractivity contribution is 8.13. The molecule has 0 aliphatic rings. The molecule has 0 heterocycles. The zero-order chi connectivity index (χ0) is 12.5. The average Bonchev–Trinajstić information content (AvgIpc) is 2.19. The van der Waals surface area contributed by atoms with Crippen molar-refractivity contribution < 1.29 is 22.3 Å². The van der Waals surface area contributed by atoms with Gasteiger partial charge in [-0.15, -0.1) is 0 Å². The zero-order valence-electron chi connectivity index (χ0n) is 7.83. The molecule has 1 aromatic rings. The quantitative estimate of drug-likeness (QED) is 0.618. The van der Waals surface area contributed by atoms with E-state index in [1.807, 2.05) is 0 Å². The van der Waals surface area contributed by atoms with Gasteiger partial charge in [0.05, 0.1) is 22.6 Å². The van der Waals surface area contributed by atoms with Crippen LogP contribution >= 0.6 is 22.3 Å². The molecule has 0 amide bonds. The Morgan fingerprint density at radius 3 is 2.44 bits per heavy atom. The van der Waals surface area contributed by atoms with Crippen molar-refractivity contribution in [3.63, 3.8) is 0 Å². The topological polar surface area (TPSA) is 60.4 Å². The van der Waals surface area contributed by atoms with Crippen LogP contribution in [0.2, 0.25) is 5.02 Å². The summed E-state index contributed by atoms with van der Waals surface area (Å²) in [6.45, 7) is 0. The van der Waals surface area contributed by atoms with Crippen LogP contribution in [0.25, 0.3) is 0 Å². The average molecular weight is 287 g/mol. The van der Waals surface area contributed by atoms with Crippen molar-refractivity contribution in [3.8, 4) is 0 Å². The monoisotopic (exact) mass is 286 g/mol. The summed E-state index contributed by atoms with van der Waals surface area (Å²) in [6.07, 6.45) is 0. The van der Waals surface area contributed by atoms with Crippen molar-refractivity contribution in [2.24, 2.45) is 0 Å².